The van der Waals surface area contributed by atoms with E-state index in [1.54, 1.807) is 24.3 Å². The summed E-state index contributed by atoms with van der Waals surface area (Å²) < 4.78 is 0. The topological polar surface area (TPSA) is 92.9 Å². The van der Waals surface area contributed by atoms with Crippen LogP contribution in [0, 0.1) is 0 Å². The molecular weight excluding hydrogens is 289 g/mol. The van der Waals surface area contributed by atoms with Crippen molar-refractivity contribution in [1.82, 2.24) is 15.4 Å². The fourth-order valence-electron chi connectivity index (χ4n) is 1.30. The number of aromatic nitrogens is 2. The Kier molecular flexibility index (Phi) is 4.03. The van der Waals surface area contributed by atoms with Crippen LogP contribution in [0.5, 0.6) is 0 Å². The molecule has 2 aromatic rings. The van der Waals surface area contributed by atoms with E-state index in [1.807, 2.05) is 0 Å². The number of hydrogen-bond donors (Lipinski definition) is 3. The van der Waals surface area contributed by atoms with Crippen molar-refractivity contribution < 1.29 is 4.79 Å². The lowest BCUT2D eigenvalue weighted by atomic mass is 10.2. The number of anilines is 2. The zero-order valence-electron chi connectivity index (χ0n) is 9.52. The second-order valence-corrected chi connectivity index (χ2v) is 4.25. The lowest BCUT2D eigenvalue weighted by Crippen LogP contribution is -2.30. The minimum atomic E-state index is -0.417. The average molecular weight is 298 g/mol. The first-order valence-corrected chi connectivity index (χ1v) is 5.92. The van der Waals surface area contributed by atoms with Crippen molar-refractivity contribution >= 4 is 40.6 Å². The van der Waals surface area contributed by atoms with Gasteiger partial charge in [-0.15, -0.1) is 0 Å². The third-order valence-electron chi connectivity index (χ3n) is 2.25. The molecular formula is C11H9Cl2N5O. The van der Waals surface area contributed by atoms with Crippen LogP contribution in [0.2, 0.25) is 10.2 Å². The van der Waals surface area contributed by atoms with Gasteiger partial charge in [-0.1, -0.05) is 35.3 Å². The number of hydrogen-bond acceptors (Lipinski definition) is 5. The number of carbonyl (C=O) groups excluding carboxylic acids is 1. The molecule has 0 atom stereocenters. The molecule has 1 aromatic heterocycles. The Balaban J connectivity index is 2.09. The highest BCUT2D eigenvalue weighted by Crippen LogP contribution is 2.21. The number of amides is 1. The molecule has 0 aliphatic rings. The van der Waals surface area contributed by atoms with Crippen LogP contribution >= 0.6 is 23.2 Å². The lowest BCUT2D eigenvalue weighted by molar-refractivity contribution is 0.0962. The first-order valence-electron chi connectivity index (χ1n) is 5.16. The third-order valence-corrected chi connectivity index (χ3v) is 2.88. The van der Waals surface area contributed by atoms with E-state index < -0.39 is 5.91 Å². The van der Waals surface area contributed by atoms with Gasteiger partial charge in [-0.3, -0.25) is 15.6 Å². The van der Waals surface area contributed by atoms with Crippen LogP contribution in [-0.2, 0) is 0 Å². The fraction of sp³-hybridized carbons (Fsp3) is 0. The van der Waals surface area contributed by atoms with Crippen molar-refractivity contribution in [2.24, 2.45) is 0 Å². The van der Waals surface area contributed by atoms with Crippen molar-refractivity contribution in [3.63, 3.8) is 0 Å². The Morgan fingerprint density at radius 3 is 2.68 bits per heavy atom. The predicted molar refractivity (Wildman–Crippen MR) is 74.0 cm³/mol. The van der Waals surface area contributed by atoms with E-state index in [4.69, 9.17) is 28.9 Å². The van der Waals surface area contributed by atoms with Crippen LogP contribution in [-0.4, -0.2) is 15.9 Å². The Bertz CT molecular complexity index is 620. The summed E-state index contributed by atoms with van der Waals surface area (Å²) >= 11 is 11.6. The molecule has 0 saturated carbocycles. The van der Waals surface area contributed by atoms with E-state index in [9.17, 15) is 4.79 Å². The van der Waals surface area contributed by atoms with Gasteiger partial charge >= 0.3 is 0 Å². The standard InChI is InChI=1S/C11H9Cl2N5O/c12-7-4-2-1-3-6(7)11(19)18-17-10-8(14)9(13)15-5-16-10/h1-5H,14H2,(H,18,19)(H,15,16,17). The van der Waals surface area contributed by atoms with Gasteiger partial charge in [0.05, 0.1) is 10.6 Å². The van der Waals surface area contributed by atoms with E-state index in [0.717, 1.165) is 0 Å². The maximum Gasteiger partial charge on any atom is 0.271 e. The highest BCUT2D eigenvalue weighted by Gasteiger charge is 2.11. The number of hydrazine groups is 1. The van der Waals surface area contributed by atoms with Crippen LogP contribution in [0.15, 0.2) is 30.6 Å². The number of rotatable bonds is 3. The first kappa shape index (κ1) is 13.4. The van der Waals surface area contributed by atoms with Crippen LogP contribution in [0.1, 0.15) is 10.4 Å². The molecule has 1 heterocycles. The molecule has 0 spiro atoms. The van der Waals surface area contributed by atoms with E-state index in [2.05, 4.69) is 20.8 Å². The number of benzene rings is 1. The smallest absolute Gasteiger partial charge is 0.271 e. The fourth-order valence-corrected chi connectivity index (χ4v) is 1.66. The summed E-state index contributed by atoms with van der Waals surface area (Å²) in [5.74, 6) is -0.208. The Morgan fingerprint density at radius 1 is 1.21 bits per heavy atom. The molecule has 4 N–H and O–H groups in total. The molecule has 0 unspecified atom stereocenters. The van der Waals surface area contributed by atoms with Crippen LogP contribution in [0.3, 0.4) is 0 Å². The summed E-state index contributed by atoms with van der Waals surface area (Å²) in [6.07, 6.45) is 1.22. The summed E-state index contributed by atoms with van der Waals surface area (Å²) in [5.41, 5.74) is 11.1. The largest absolute Gasteiger partial charge is 0.393 e. The normalized spacial score (nSPS) is 10.0. The van der Waals surface area contributed by atoms with Gasteiger partial charge in [0.15, 0.2) is 11.0 Å². The van der Waals surface area contributed by atoms with Gasteiger partial charge in [-0.25, -0.2) is 9.97 Å². The van der Waals surface area contributed by atoms with Gasteiger partial charge in [0.25, 0.3) is 5.91 Å². The number of nitrogen functional groups attached to an aromatic ring is 1. The molecule has 19 heavy (non-hydrogen) atoms. The molecule has 0 aliphatic heterocycles. The molecule has 1 amide bonds. The maximum absolute atomic E-state index is 11.9. The average Bonchev–Trinajstić information content (AvgIpc) is 2.40. The van der Waals surface area contributed by atoms with Gasteiger partial charge in [0, 0.05) is 0 Å². The minimum Gasteiger partial charge on any atom is -0.393 e. The molecule has 8 heteroatoms. The van der Waals surface area contributed by atoms with E-state index in [-0.39, 0.29) is 16.7 Å². The SMILES string of the molecule is Nc1c(Cl)ncnc1NNC(=O)c1ccccc1Cl. The zero-order chi connectivity index (χ0) is 13.8. The summed E-state index contributed by atoms with van der Waals surface area (Å²) in [4.78, 5) is 19.4. The highest BCUT2D eigenvalue weighted by molar-refractivity contribution is 6.34. The first-order chi connectivity index (χ1) is 9.09. The lowest BCUT2D eigenvalue weighted by Gasteiger charge is -2.10. The minimum absolute atomic E-state index is 0.101. The van der Waals surface area contributed by atoms with Gasteiger partial charge < -0.3 is 5.73 Å². The molecule has 0 saturated heterocycles. The summed E-state index contributed by atoms with van der Waals surface area (Å²) in [6, 6.07) is 6.65. The van der Waals surface area contributed by atoms with E-state index in [1.165, 1.54) is 6.33 Å². The Labute approximate surface area is 118 Å². The molecule has 6 nitrogen and oxygen atoms in total. The van der Waals surface area contributed by atoms with E-state index >= 15 is 0 Å². The molecule has 0 aliphatic carbocycles. The number of nitrogens with zero attached hydrogens (tertiary/aromatic N) is 2. The van der Waals surface area contributed by atoms with Gasteiger partial charge in [0.2, 0.25) is 0 Å². The van der Waals surface area contributed by atoms with Crippen LogP contribution < -0.4 is 16.6 Å². The molecule has 98 valence electrons. The van der Waals surface area contributed by atoms with Gasteiger partial charge in [-0.05, 0) is 12.1 Å². The zero-order valence-corrected chi connectivity index (χ0v) is 11.0. The molecule has 0 radical (unpaired) electrons. The molecule has 0 fully saturated rings. The molecule has 1 aromatic carbocycles. The van der Waals surface area contributed by atoms with Crippen molar-refractivity contribution in [3.05, 3.63) is 46.3 Å². The van der Waals surface area contributed by atoms with Gasteiger partial charge in [0.1, 0.15) is 12.0 Å². The van der Waals surface area contributed by atoms with Crippen LogP contribution in [0.4, 0.5) is 11.5 Å². The van der Waals surface area contributed by atoms with Crippen molar-refractivity contribution in [1.29, 1.82) is 0 Å². The summed E-state index contributed by atoms with van der Waals surface area (Å²) in [6.45, 7) is 0. The summed E-state index contributed by atoms with van der Waals surface area (Å²) in [7, 11) is 0. The second-order valence-electron chi connectivity index (χ2n) is 3.49. The van der Waals surface area contributed by atoms with Crippen molar-refractivity contribution in [3.8, 4) is 0 Å². The molecule has 0 bridgehead atoms. The maximum atomic E-state index is 11.9. The predicted octanol–water partition coefficient (Wildman–Crippen LogP) is 2.12. The molecule has 2 rings (SSSR count). The monoisotopic (exact) mass is 297 g/mol. The highest BCUT2D eigenvalue weighted by atomic mass is 35.5. The summed E-state index contributed by atoms with van der Waals surface area (Å²) in [5, 5.41) is 0.444. The number of carbonyl (C=O) groups is 1. The van der Waals surface area contributed by atoms with Gasteiger partial charge in [-0.2, -0.15) is 0 Å². The van der Waals surface area contributed by atoms with E-state index in [0.29, 0.717) is 10.6 Å². The number of nitrogens with two attached hydrogens (primary N) is 1. The number of nitrogens with one attached hydrogen (secondary N) is 2. The Morgan fingerprint density at radius 2 is 1.95 bits per heavy atom. The van der Waals surface area contributed by atoms with Crippen molar-refractivity contribution in [2.75, 3.05) is 11.2 Å². The third kappa shape index (κ3) is 3.04. The quantitative estimate of drug-likeness (QED) is 0.596. The Hall–Kier alpha value is -2.05. The van der Waals surface area contributed by atoms with Crippen LogP contribution in [0.25, 0.3) is 0 Å². The second kappa shape index (κ2) is 5.73. The van der Waals surface area contributed by atoms with Crippen molar-refractivity contribution in [2.45, 2.75) is 0 Å². The number of halogens is 2.